The molecule has 0 amide bonds. The third-order valence-electron chi connectivity index (χ3n) is 2.49. The molecule has 0 unspecified atom stereocenters. The molecule has 1 aromatic rings. The molecule has 0 heterocycles. The van der Waals surface area contributed by atoms with Crippen molar-refractivity contribution in [1.82, 2.24) is 0 Å². The number of aryl methyl sites for hydroxylation is 2. The quantitative estimate of drug-likeness (QED) is 0.399. The van der Waals surface area contributed by atoms with Gasteiger partial charge in [-0.3, -0.25) is 0 Å². The van der Waals surface area contributed by atoms with Crippen LogP contribution in [0, 0.1) is 20.8 Å². The summed E-state index contributed by atoms with van der Waals surface area (Å²) in [5.41, 5.74) is 5.42. The molecular formula is C11H15NO. The first-order valence-electron chi connectivity index (χ1n) is 4.33. The van der Waals surface area contributed by atoms with Gasteiger partial charge in [-0.15, -0.1) is 0 Å². The molecule has 0 radical (unpaired) electrons. The maximum absolute atomic E-state index is 8.63. The van der Waals surface area contributed by atoms with Crippen molar-refractivity contribution in [3.8, 4) is 0 Å². The molecule has 70 valence electrons. The zero-order chi connectivity index (χ0) is 10.0. The van der Waals surface area contributed by atoms with Crippen LogP contribution in [0.15, 0.2) is 17.3 Å². The van der Waals surface area contributed by atoms with Crippen molar-refractivity contribution in [1.29, 1.82) is 0 Å². The molecule has 0 saturated carbocycles. The van der Waals surface area contributed by atoms with Gasteiger partial charge in [0.05, 0.1) is 5.71 Å². The summed E-state index contributed by atoms with van der Waals surface area (Å²) in [6, 6.07) is 4.08. The van der Waals surface area contributed by atoms with Crippen molar-refractivity contribution in [2.24, 2.45) is 5.16 Å². The fourth-order valence-corrected chi connectivity index (χ4v) is 1.30. The van der Waals surface area contributed by atoms with Crippen LogP contribution in [0.25, 0.3) is 0 Å². The summed E-state index contributed by atoms with van der Waals surface area (Å²) < 4.78 is 0. The van der Waals surface area contributed by atoms with Crippen LogP contribution in [0.3, 0.4) is 0 Å². The monoisotopic (exact) mass is 177 g/mol. The van der Waals surface area contributed by atoms with E-state index in [0.29, 0.717) is 5.71 Å². The molecule has 0 aromatic heterocycles. The average molecular weight is 177 g/mol. The molecule has 0 saturated heterocycles. The minimum atomic E-state index is 0.659. The van der Waals surface area contributed by atoms with E-state index in [1.807, 2.05) is 12.1 Å². The highest BCUT2D eigenvalue weighted by Crippen LogP contribution is 2.15. The molecule has 0 fully saturated rings. The lowest BCUT2D eigenvalue weighted by Crippen LogP contribution is -1.98. The summed E-state index contributed by atoms with van der Waals surface area (Å²) in [6.45, 7) is 8.02. The molecule has 0 aliphatic carbocycles. The molecule has 0 aliphatic heterocycles. The number of hydrogen-bond acceptors (Lipinski definition) is 2. The van der Waals surface area contributed by atoms with E-state index >= 15 is 0 Å². The number of benzene rings is 1. The van der Waals surface area contributed by atoms with E-state index in [2.05, 4.69) is 25.9 Å². The predicted molar refractivity (Wildman–Crippen MR) is 54.7 cm³/mol. The van der Waals surface area contributed by atoms with Gasteiger partial charge in [0.2, 0.25) is 0 Å². The van der Waals surface area contributed by atoms with Gasteiger partial charge in [0.25, 0.3) is 0 Å². The minimum absolute atomic E-state index is 0.659. The normalized spacial score (nSPS) is 11.8. The molecule has 1 rings (SSSR count). The van der Waals surface area contributed by atoms with Crippen LogP contribution >= 0.6 is 0 Å². The van der Waals surface area contributed by atoms with Gasteiger partial charge in [-0.25, -0.2) is 0 Å². The van der Waals surface area contributed by atoms with Crippen LogP contribution in [0.1, 0.15) is 29.2 Å². The van der Waals surface area contributed by atoms with Crippen molar-refractivity contribution >= 4 is 5.71 Å². The highest BCUT2D eigenvalue weighted by Gasteiger charge is 2.03. The van der Waals surface area contributed by atoms with Crippen LogP contribution in [0.4, 0.5) is 0 Å². The lowest BCUT2D eigenvalue weighted by atomic mass is 9.99. The molecule has 0 atom stereocenters. The SMILES string of the molecule is C/C(=N/O)c1cc(C)c(C)c(C)c1. The molecule has 2 heteroatoms. The first-order valence-corrected chi connectivity index (χ1v) is 4.33. The molecule has 13 heavy (non-hydrogen) atoms. The van der Waals surface area contributed by atoms with Crippen LogP contribution in [-0.2, 0) is 0 Å². The maximum Gasteiger partial charge on any atom is 0.0837 e. The van der Waals surface area contributed by atoms with Crippen molar-refractivity contribution < 1.29 is 5.21 Å². The Morgan fingerprint density at radius 3 is 2.00 bits per heavy atom. The van der Waals surface area contributed by atoms with E-state index < -0.39 is 0 Å². The third-order valence-corrected chi connectivity index (χ3v) is 2.49. The van der Waals surface area contributed by atoms with Crippen LogP contribution in [0.2, 0.25) is 0 Å². The van der Waals surface area contributed by atoms with Gasteiger partial charge in [0.1, 0.15) is 0 Å². The van der Waals surface area contributed by atoms with Gasteiger partial charge in [0.15, 0.2) is 0 Å². The Morgan fingerprint density at radius 2 is 1.62 bits per heavy atom. The Bertz CT molecular complexity index is 330. The zero-order valence-electron chi connectivity index (χ0n) is 8.55. The fourth-order valence-electron chi connectivity index (χ4n) is 1.30. The number of rotatable bonds is 1. The predicted octanol–water partition coefficient (Wildman–Crippen LogP) is 2.81. The molecule has 1 N–H and O–H groups in total. The van der Waals surface area contributed by atoms with E-state index in [1.54, 1.807) is 6.92 Å². The van der Waals surface area contributed by atoms with Gasteiger partial charge < -0.3 is 5.21 Å². The summed E-state index contributed by atoms with van der Waals surface area (Å²) >= 11 is 0. The smallest absolute Gasteiger partial charge is 0.0837 e. The van der Waals surface area contributed by atoms with Crippen LogP contribution in [-0.4, -0.2) is 10.9 Å². The minimum Gasteiger partial charge on any atom is -0.411 e. The molecule has 1 aromatic carbocycles. The number of nitrogens with zero attached hydrogens (tertiary/aromatic N) is 1. The standard InChI is InChI=1S/C11H15NO/c1-7-5-11(10(4)12-13)6-8(2)9(7)3/h5-6,13H,1-4H3/b12-10-. The molecule has 0 bridgehead atoms. The van der Waals surface area contributed by atoms with Crippen LogP contribution in [0.5, 0.6) is 0 Å². The Labute approximate surface area is 78.9 Å². The second-order valence-corrected chi connectivity index (χ2v) is 3.42. The zero-order valence-corrected chi connectivity index (χ0v) is 8.55. The molecule has 2 nitrogen and oxygen atoms in total. The van der Waals surface area contributed by atoms with Gasteiger partial charge in [-0.1, -0.05) is 5.16 Å². The van der Waals surface area contributed by atoms with E-state index in [1.165, 1.54) is 16.7 Å². The van der Waals surface area contributed by atoms with E-state index in [0.717, 1.165) is 5.56 Å². The largest absolute Gasteiger partial charge is 0.411 e. The van der Waals surface area contributed by atoms with Crippen LogP contribution < -0.4 is 0 Å². The van der Waals surface area contributed by atoms with E-state index in [-0.39, 0.29) is 0 Å². The Balaban J connectivity index is 3.29. The lowest BCUT2D eigenvalue weighted by Gasteiger charge is -2.07. The van der Waals surface area contributed by atoms with Crippen molar-refractivity contribution in [3.05, 3.63) is 34.4 Å². The van der Waals surface area contributed by atoms with Crippen molar-refractivity contribution in [2.75, 3.05) is 0 Å². The van der Waals surface area contributed by atoms with E-state index in [4.69, 9.17) is 5.21 Å². The number of hydrogen-bond donors (Lipinski definition) is 1. The van der Waals surface area contributed by atoms with Gasteiger partial charge in [0, 0.05) is 0 Å². The second kappa shape index (κ2) is 3.60. The highest BCUT2D eigenvalue weighted by atomic mass is 16.4. The van der Waals surface area contributed by atoms with Gasteiger partial charge >= 0.3 is 0 Å². The highest BCUT2D eigenvalue weighted by molar-refractivity contribution is 5.98. The van der Waals surface area contributed by atoms with Gasteiger partial charge in [-0.2, -0.15) is 0 Å². The summed E-state index contributed by atoms with van der Waals surface area (Å²) in [5.74, 6) is 0. The Kier molecular flexibility index (Phi) is 2.71. The van der Waals surface area contributed by atoms with E-state index in [9.17, 15) is 0 Å². The molecule has 0 spiro atoms. The van der Waals surface area contributed by atoms with Crippen molar-refractivity contribution in [3.63, 3.8) is 0 Å². The first-order chi connectivity index (χ1) is 6.06. The molecule has 0 aliphatic rings. The van der Waals surface area contributed by atoms with Crippen molar-refractivity contribution in [2.45, 2.75) is 27.7 Å². The number of oxime groups is 1. The topological polar surface area (TPSA) is 32.6 Å². The summed E-state index contributed by atoms with van der Waals surface area (Å²) in [5, 5.41) is 11.8. The Morgan fingerprint density at radius 1 is 1.15 bits per heavy atom. The average Bonchev–Trinajstić information content (AvgIpc) is 2.12. The molecular weight excluding hydrogens is 162 g/mol. The summed E-state index contributed by atoms with van der Waals surface area (Å²) in [4.78, 5) is 0. The lowest BCUT2D eigenvalue weighted by molar-refractivity contribution is 0.319. The maximum atomic E-state index is 8.63. The summed E-state index contributed by atoms with van der Waals surface area (Å²) in [7, 11) is 0. The Hall–Kier alpha value is -1.31. The summed E-state index contributed by atoms with van der Waals surface area (Å²) in [6.07, 6.45) is 0. The first kappa shape index (κ1) is 9.78. The second-order valence-electron chi connectivity index (χ2n) is 3.42. The fraction of sp³-hybridized carbons (Fsp3) is 0.364. The third kappa shape index (κ3) is 1.89. The van der Waals surface area contributed by atoms with Gasteiger partial charge in [-0.05, 0) is 62.1 Å².